The van der Waals surface area contributed by atoms with Gasteiger partial charge in [-0.1, -0.05) is 71.1 Å². The van der Waals surface area contributed by atoms with Crippen LogP contribution in [-0.4, -0.2) is 41.5 Å². The number of aryl methyl sites for hydroxylation is 1. The molecule has 0 bridgehead atoms. The molecule has 1 fully saturated rings. The van der Waals surface area contributed by atoms with Crippen molar-refractivity contribution in [2.45, 2.75) is 23.1 Å². The summed E-state index contributed by atoms with van der Waals surface area (Å²) < 4.78 is 2.23. The number of fused-ring (bicyclic) bond motifs is 1. The van der Waals surface area contributed by atoms with Crippen molar-refractivity contribution in [3.05, 3.63) is 106 Å². The standard InChI is InChI=1S/C28H20ClN5O4S2/c1-15-22(33-12-5-4-11-20(33)30-15)24(36)21-23(16-8-6-9-18(35)13-16)34(26(38)25(21)37)27-31-32-28(40-27)39-14-17-7-2-3-10-19(17)29/h2-13,23,35-36H,14H2,1H3. The highest BCUT2D eigenvalue weighted by molar-refractivity contribution is 8.00. The van der Waals surface area contributed by atoms with Crippen LogP contribution in [0.4, 0.5) is 5.13 Å². The fourth-order valence-electron chi connectivity index (χ4n) is 4.68. The van der Waals surface area contributed by atoms with Crippen molar-refractivity contribution >= 4 is 62.9 Å². The van der Waals surface area contributed by atoms with E-state index in [1.165, 1.54) is 28.8 Å². The number of benzene rings is 2. The Morgan fingerprint density at radius 2 is 1.88 bits per heavy atom. The smallest absolute Gasteiger partial charge is 0.301 e. The van der Waals surface area contributed by atoms with E-state index in [0.717, 1.165) is 16.9 Å². The van der Waals surface area contributed by atoms with E-state index in [1.54, 1.807) is 41.8 Å². The Hall–Kier alpha value is -4.19. The first-order chi connectivity index (χ1) is 19.3. The number of Topliss-reactive ketones (excluding diaryl/α,β-unsaturated/α-hetero) is 1. The number of aromatic nitrogens is 4. The van der Waals surface area contributed by atoms with E-state index in [9.17, 15) is 19.8 Å². The zero-order valence-electron chi connectivity index (χ0n) is 20.9. The molecule has 1 unspecified atom stereocenters. The van der Waals surface area contributed by atoms with Crippen LogP contribution in [0.5, 0.6) is 5.75 Å². The number of carbonyl (C=O) groups excluding carboxylic acids is 2. The molecule has 40 heavy (non-hydrogen) atoms. The number of imidazole rings is 1. The first-order valence-electron chi connectivity index (χ1n) is 12.1. The summed E-state index contributed by atoms with van der Waals surface area (Å²) in [5.74, 6) is -1.63. The average molecular weight is 590 g/mol. The third-order valence-electron chi connectivity index (χ3n) is 6.47. The summed E-state index contributed by atoms with van der Waals surface area (Å²) in [6.07, 6.45) is 1.72. The highest BCUT2D eigenvalue weighted by atomic mass is 35.5. The molecule has 1 atom stereocenters. The fraction of sp³-hybridized carbons (Fsp3) is 0.107. The second kappa shape index (κ2) is 10.4. The zero-order chi connectivity index (χ0) is 28.0. The number of pyridine rings is 1. The van der Waals surface area contributed by atoms with Gasteiger partial charge >= 0.3 is 5.91 Å². The number of halogens is 1. The molecule has 9 nitrogen and oxygen atoms in total. The number of amides is 1. The van der Waals surface area contributed by atoms with Gasteiger partial charge in [-0.15, -0.1) is 10.2 Å². The van der Waals surface area contributed by atoms with Gasteiger partial charge in [0.05, 0.1) is 17.3 Å². The summed E-state index contributed by atoms with van der Waals surface area (Å²) in [4.78, 5) is 32.7. The number of hydrogen-bond acceptors (Lipinski definition) is 9. The minimum atomic E-state index is -1.06. The van der Waals surface area contributed by atoms with Crippen molar-refractivity contribution in [3.63, 3.8) is 0 Å². The van der Waals surface area contributed by atoms with Gasteiger partial charge in [-0.25, -0.2) is 4.98 Å². The van der Waals surface area contributed by atoms with E-state index in [-0.39, 0.29) is 22.2 Å². The highest BCUT2D eigenvalue weighted by Gasteiger charge is 2.49. The maximum atomic E-state index is 13.5. The number of carbonyl (C=O) groups is 2. The first kappa shape index (κ1) is 26.1. The summed E-state index contributed by atoms with van der Waals surface area (Å²) in [5.41, 5.74) is 2.58. The number of phenolic OH excluding ortho intramolecular Hbond substituents is 1. The SMILES string of the molecule is Cc1nc2ccccn2c1C(O)=C1C(=O)C(=O)N(c2nnc(SCc3ccccc3Cl)s2)C1c1cccc(O)c1. The lowest BCUT2D eigenvalue weighted by molar-refractivity contribution is -0.132. The molecule has 6 rings (SSSR count). The lowest BCUT2D eigenvalue weighted by atomic mass is 9.96. The first-order valence-corrected chi connectivity index (χ1v) is 14.2. The Morgan fingerprint density at radius 1 is 1.07 bits per heavy atom. The molecule has 4 heterocycles. The van der Waals surface area contributed by atoms with Crippen molar-refractivity contribution in [1.29, 1.82) is 0 Å². The van der Waals surface area contributed by atoms with Gasteiger partial charge in [-0.05, 0) is 48.4 Å². The number of hydrogen-bond donors (Lipinski definition) is 2. The van der Waals surface area contributed by atoms with Gasteiger partial charge in [0.15, 0.2) is 10.1 Å². The second-order valence-electron chi connectivity index (χ2n) is 8.97. The van der Waals surface area contributed by atoms with Crippen molar-refractivity contribution in [2.24, 2.45) is 0 Å². The van der Waals surface area contributed by atoms with E-state index in [4.69, 9.17) is 11.6 Å². The molecule has 0 aliphatic carbocycles. The van der Waals surface area contributed by atoms with Crippen LogP contribution < -0.4 is 4.90 Å². The van der Waals surface area contributed by atoms with E-state index in [2.05, 4.69) is 15.2 Å². The van der Waals surface area contributed by atoms with Crippen molar-refractivity contribution < 1.29 is 19.8 Å². The Labute approximate surface area is 241 Å². The summed E-state index contributed by atoms with van der Waals surface area (Å²) in [6.45, 7) is 1.72. The van der Waals surface area contributed by atoms with Gasteiger partial charge < -0.3 is 10.2 Å². The number of ketones is 1. The molecule has 1 aliphatic heterocycles. The molecule has 1 aliphatic rings. The lowest BCUT2D eigenvalue weighted by Crippen LogP contribution is -2.29. The van der Waals surface area contributed by atoms with E-state index >= 15 is 0 Å². The predicted octanol–water partition coefficient (Wildman–Crippen LogP) is 5.77. The number of aliphatic hydroxyl groups is 1. The molecule has 1 saturated heterocycles. The topological polar surface area (TPSA) is 121 Å². The quantitative estimate of drug-likeness (QED) is 0.0841. The van der Waals surface area contributed by atoms with Crippen LogP contribution in [0.1, 0.15) is 28.6 Å². The van der Waals surface area contributed by atoms with Gasteiger partial charge in [0.25, 0.3) is 5.78 Å². The van der Waals surface area contributed by atoms with Crippen LogP contribution in [0.15, 0.2) is 82.8 Å². The summed E-state index contributed by atoms with van der Waals surface area (Å²) in [6, 6.07) is 18.0. The van der Waals surface area contributed by atoms with E-state index in [0.29, 0.717) is 37.7 Å². The fourth-order valence-corrected chi connectivity index (χ4v) is 6.83. The molecule has 5 aromatic rings. The number of aromatic hydroxyl groups is 1. The van der Waals surface area contributed by atoms with E-state index < -0.39 is 17.7 Å². The minimum Gasteiger partial charge on any atom is -0.508 e. The number of thioether (sulfide) groups is 1. The minimum absolute atomic E-state index is 0.0534. The monoisotopic (exact) mass is 589 g/mol. The summed E-state index contributed by atoms with van der Waals surface area (Å²) in [5, 5.41) is 31.1. The van der Waals surface area contributed by atoms with Crippen LogP contribution in [0, 0.1) is 6.92 Å². The number of nitrogens with zero attached hydrogens (tertiary/aromatic N) is 5. The average Bonchev–Trinajstić information content (AvgIpc) is 3.61. The predicted molar refractivity (Wildman–Crippen MR) is 154 cm³/mol. The van der Waals surface area contributed by atoms with Crippen molar-refractivity contribution in [1.82, 2.24) is 19.6 Å². The molecule has 200 valence electrons. The Morgan fingerprint density at radius 3 is 2.67 bits per heavy atom. The van der Waals surface area contributed by atoms with Crippen LogP contribution >= 0.6 is 34.7 Å². The normalized spacial score (nSPS) is 16.8. The molecule has 12 heteroatoms. The Kier molecular flexibility index (Phi) is 6.78. The molecule has 0 radical (unpaired) electrons. The van der Waals surface area contributed by atoms with Gasteiger partial charge in [0.1, 0.15) is 17.1 Å². The van der Waals surface area contributed by atoms with Crippen LogP contribution in [0.2, 0.25) is 5.02 Å². The Balaban J connectivity index is 1.45. The molecule has 1 amide bonds. The third kappa shape index (κ3) is 4.51. The maximum Gasteiger partial charge on any atom is 0.301 e. The molecule has 0 saturated carbocycles. The van der Waals surface area contributed by atoms with E-state index in [1.807, 2.05) is 30.3 Å². The van der Waals surface area contributed by atoms with Crippen LogP contribution in [-0.2, 0) is 15.3 Å². The molecule has 3 aromatic heterocycles. The van der Waals surface area contributed by atoms with Crippen LogP contribution in [0.25, 0.3) is 11.4 Å². The maximum absolute atomic E-state index is 13.5. The zero-order valence-corrected chi connectivity index (χ0v) is 23.2. The molecule has 0 spiro atoms. The Bertz CT molecular complexity index is 1830. The highest BCUT2D eigenvalue weighted by Crippen LogP contribution is 2.45. The number of anilines is 1. The molecule has 2 aromatic carbocycles. The van der Waals surface area contributed by atoms with Gasteiger partial charge in [0, 0.05) is 17.0 Å². The summed E-state index contributed by atoms with van der Waals surface area (Å²) in [7, 11) is 0. The molecule has 2 N–H and O–H groups in total. The number of rotatable bonds is 6. The van der Waals surface area contributed by atoms with Gasteiger partial charge in [-0.3, -0.25) is 18.9 Å². The van der Waals surface area contributed by atoms with Gasteiger partial charge in [0.2, 0.25) is 5.13 Å². The van der Waals surface area contributed by atoms with Crippen LogP contribution in [0.3, 0.4) is 0 Å². The second-order valence-corrected chi connectivity index (χ2v) is 11.6. The third-order valence-corrected chi connectivity index (χ3v) is 8.94. The molecular weight excluding hydrogens is 570 g/mol. The number of aliphatic hydroxyl groups excluding tert-OH is 1. The largest absolute Gasteiger partial charge is 0.508 e. The number of phenols is 1. The molecular formula is C28H20ClN5O4S2. The van der Waals surface area contributed by atoms with Gasteiger partial charge in [-0.2, -0.15) is 0 Å². The van der Waals surface area contributed by atoms with Crippen molar-refractivity contribution in [3.8, 4) is 5.75 Å². The van der Waals surface area contributed by atoms with Crippen molar-refractivity contribution in [2.75, 3.05) is 4.90 Å². The lowest BCUT2D eigenvalue weighted by Gasteiger charge is -2.22. The summed E-state index contributed by atoms with van der Waals surface area (Å²) >= 11 is 8.83.